The Kier molecular flexibility index (Phi) is 4.46. The van der Waals surface area contributed by atoms with E-state index in [2.05, 4.69) is 5.32 Å². The van der Waals surface area contributed by atoms with Crippen LogP contribution in [0.2, 0.25) is 0 Å². The van der Waals surface area contributed by atoms with Crippen LogP contribution in [0.1, 0.15) is 27.5 Å². The fourth-order valence-corrected chi connectivity index (χ4v) is 0.810. The van der Waals surface area contributed by atoms with Crippen LogP contribution in [0.4, 0.5) is 0 Å². The normalized spacial score (nSPS) is 12.7. The third kappa shape index (κ3) is 5.13. The lowest BCUT2D eigenvalue weighted by Crippen LogP contribution is -2.41. The molecule has 0 aliphatic carbocycles. The van der Waals surface area contributed by atoms with Crippen LogP contribution in [0.15, 0.2) is 0 Å². The fraction of sp³-hybridized carbons (Fsp3) is 0.625. The topological polar surface area (TPSA) is 109 Å². The standard InChI is InChI=1S/C8H14N2O4/c1-2-7(12)10-5(8(13)14)3-4-6(9)11/h5H,2-4H2,1H3,(H2,9,11)(H,10,12)(H,13,14)/t5-/m0/s1/i1D. The number of carbonyl (C=O) groups is 3. The van der Waals surface area contributed by atoms with E-state index in [0.717, 1.165) is 0 Å². The van der Waals surface area contributed by atoms with Gasteiger partial charge in [0.25, 0.3) is 0 Å². The van der Waals surface area contributed by atoms with Gasteiger partial charge >= 0.3 is 5.97 Å². The van der Waals surface area contributed by atoms with E-state index in [-0.39, 0.29) is 26.2 Å². The zero-order valence-corrected chi connectivity index (χ0v) is 7.66. The first-order valence-electron chi connectivity index (χ1n) is 4.77. The Bertz CT molecular complexity index is 257. The Morgan fingerprint density at radius 3 is 2.64 bits per heavy atom. The molecule has 0 aromatic carbocycles. The second-order valence-corrected chi connectivity index (χ2v) is 2.71. The van der Waals surface area contributed by atoms with E-state index in [1.54, 1.807) is 0 Å². The Labute approximate surface area is 82.9 Å². The van der Waals surface area contributed by atoms with Gasteiger partial charge < -0.3 is 16.2 Å². The van der Waals surface area contributed by atoms with E-state index in [4.69, 9.17) is 12.2 Å². The lowest BCUT2D eigenvalue weighted by Gasteiger charge is -2.12. The van der Waals surface area contributed by atoms with Crippen LogP contribution in [-0.2, 0) is 14.4 Å². The highest BCUT2D eigenvalue weighted by atomic mass is 16.4. The molecule has 2 amide bonds. The van der Waals surface area contributed by atoms with Crippen LogP contribution in [0, 0.1) is 0 Å². The van der Waals surface area contributed by atoms with Crippen LogP contribution in [0.25, 0.3) is 0 Å². The van der Waals surface area contributed by atoms with Gasteiger partial charge in [-0.1, -0.05) is 6.90 Å². The molecule has 0 aliphatic heterocycles. The maximum atomic E-state index is 11.0. The van der Waals surface area contributed by atoms with Crippen LogP contribution >= 0.6 is 0 Å². The number of amides is 2. The molecule has 0 spiro atoms. The lowest BCUT2D eigenvalue weighted by molar-refractivity contribution is -0.142. The van der Waals surface area contributed by atoms with Gasteiger partial charge in [0.05, 0.1) is 0 Å². The molecule has 0 bridgehead atoms. The number of primary amides is 1. The first-order chi connectivity index (χ1) is 6.97. The van der Waals surface area contributed by atoms with E-state index in [1.807, 2.05) is 0 Å². The van der Waals surface area contributed by atoms with Gasteiger partial charge in [0.1, 0.15) is 6.04 Å². The summed E-state index contributed by atoms with van der Waals surface area (Å²) in [4.78, 5) is 32.1. The number of carbonyl (C=O) groups excluding carboxylic acids is 2. The van der Waals surface area contributed by atoms with Crippen molar-refractivity contribution in [2.75, 3.05) is 0 Å². The minimum atomic E-state index is -1.21. The number of hydrogen-bond acceptors (Lipinski definition) is 3. The fourth-order valence-electron chi connectivity index (χ4n) is 0.810. The molecule has 6 nitrogen and oxygen atoms in total. The van der Waals surface area contributed by atoms with Crippen molar-refractivity contribution in [2.45, 2.75) is 32.2 Å². The van der Waals surface area contributed by atoms with Gasteiger partial charge in [0.2, 0.25) is 11.8 Å². The number of aliphatic carboxylic acids is 1. The van der Waals surface area contributed by atoms with Crippen molar-refractivity contribution in [3.63, 3.8) is 0 Å². The summed E-state index contributed by atoms with van der Waals surface area (Å²) >= 11 is 0. The SMILES string of the molecule is [2H]CCC(=O)N[C@@H](CCC(N)=O)C(=O)O. The average Bonchev–Trinajstić information content (AvgIpc) is 2.11. The predicted octanol–water partition coefficient (Wildman–Crippen LogP) is -0.769. The van der Waals surface area contributed by atoms with Crippen molar-refractivity contribution in [2.24, 2.45) is 5.73 Å². The zero-order valence-electron chi connectivity index (χ0n) is 8.66. The Balaban J connectivity index is 4.10. The maximum Gasteiger partial charge on any atom is 0.326 e. The van der Waals surface area contributed by atoms with Crippen molar-refractivity contribution in [1.29, 1.82) is 0 Å². The number of carboxylic acids is 1. The average molecular weight is 203 g/mol. The van der Waals surface area contributed by atoms with Crippen LogP contribution < -0.4 is 11.1 Å². The molecule has 0 aromatic rings. The van der Waals surface area contributed by atoms with Crippen molar-refractivity contribution in [1.82, 2.24) is 5.32 Å². The molecule has 0 saturated heterocycles. The minimum absolute atomic E-state index is 0.0333. The summed E-state index contributed by atoms with van der Waals surface area (Å²) in [5.41, 5.74) is 4.86. The smallest absolute Gasteiger partial charge is 0.326 e. The molecule has 1 atom stereocenters. The van der Waals surface area contributed by atoms with E-state index in [1.165, 1.54) is 0 Å². The molecule has 14 heavy (non-hydrogen) atoms. The quantitative estimate of drug-likeness (QED) is 0.526. The molecule has 0 heterocycles. The summed E-state index contributed by atoms with van der Waals surface area (Å²) in [6.45, 7) is -0.103. The predicted molar refractivity (Wildman–Crippen MR) is 48.3 cm³/mol. The molecule has 0 fully saturated rings. The van der Waals surface area contributed by atoms with Crippen LogP contribution in [-0.4, -0.2) is 28.9 Å². The summed E-state index contributed by atoms with van der Waals surface area (Å²) in [6, 6.07) is -1.11. The second-order valence-electron chi connectivity index (χ2n) is 2.71. The van der Waals surface area contributed by atoms with Gasteiger partial charge in [0.15, 0.2) is 0 Å². The molecule has 0 aliphatic rings. The van der Waals surface area contributed by atoms with E-state index >= 15 is 0 Å². The van der Waals surface area contributed by atoms with Gasteiger partial charge in [0, 0.05) is 14.2 Å². The van der Waals surface area contributed by atoms with Gasteiger partial charge in [-0.3, -0.25) is 9.59 Å². The van der Waals surface area contributed by atoms with Crippen molar-refractivity contribution in [3.8, 4) is 0 Å². The minimum Gasteiger partial charge on any atom is -0.480 e. The molecule has 4 N–H and O–H groups in total. The Hall–Kier alpha value is -1.59. The largest absolute Gasteiger partial charge is 0.480 e. The van der Waals surface area contributed by atoms with Gasteiger partial charge in [-0.2, -0.15) is 0 Å². The molecule has 0 radical (unpaired) electrons. The molecule has 80 valence electrons. The lowest BCUT2D eigenvalue weighted by atomic mass is 10.1. The van der Waals surface area contributed by atoms with Gasteiger partial charge in [-0.25, -0.2) is 4.79 Å². The van der Waals surface area contributed by atoms with Crippen LogP contribution in [0.5, 0.6) is 0 Å². The molecule has 0 aromatic heterocycles. The number of carboxylic acid groups (broad SMARTS) is 1. The Morgan fingerprint density at radius 2 is 2.21 bits per heavy atom. The molecule has 0 rings (SSSR count). The summed E-state index contributed by atoms with van der Waals surface area (Å²) in [6.07, 6.45) is -0.188. The van der Waals surface area contributed by atoms with Gasteiger partial charge in [-0.05, 0) is 6.42 Å². The number of nitrogens with one attached hydrogen (secondary N) is 1. The monoisotopic (exact) mass is 203 g/mol. The van der Waals surface area contributed by atoms with E-state index in [9.17, 15) is 14.4 Å². The Morgan fingerprint density at radius 1 is 1.57 bits per heavy atom. The van der Waals surface area contributed by atoms with Crippen LogP contribution in [0.3, 0.4) is 0 Å². The summed E-state index contributed by atoms with van der Waals surface area (Å²) in [5.74, 6) is -2.34. The maximum absolute atomic E-state index is 11.0. The highest BCUT2D eigenvalue weighted by molar-refractivity contribution is 5.84. The number of hydrogen-bond donors (Lipinski definition) is 3. The van der Waals surface area contributed by atoms with E-state index in [0.29, 0.717) is 0 Å². The second kappa shape index (κ2) is 5.95. The van der Waals surface area contributed by atoms with E-state index < -0.39 is 23.8 Å². The highest BCUT2D eigenvalue weighted by Crippen LogP contribution is 1.97. The molecule has 0 unspecified atom stereocenters. The molecule has 6 heteroatoms. The number of nitrogens with two attached hydrogens (primary N) is 1. The van der Waals surface area contributed by atoms with Crippen molar-refractivity contribution in [3.05, 3.63) is 0 Å². The molecular weight excluding hydrogens is 188 g/mol. The van der Waals surface area contributed by atoms with Crippen molar-refractivity contribution >= 4 is 17.8 Å². The first-order valence-corrected chi connectivity index (χ1v) is 4.07. The molecule has 0 saturated carbocycles. The van der Waals surface area contributed by atoms with Gasteiger partial charge in [-0.15, -0.1) is 0 Å². The summed E-state index contributed by atoms with van der Waals surface area (Å²) in [7, 11) is 0. The first kappa shape index (κ1) is 10.5. The third-order valence-corrected chi connectivity index (χ3v) is 1.54. The summed E-state index contributed by atoms with van der Waals surface area (Å²) < 4.78 is 6.77. The third-order valence-electron chi connectivity index (χ3n) is 1.54. The zero-order chi connectivity index (χ0) is 11.8. The molecular formula is C8H14N2O4. The summed E-state index contributed by atoms with van der Waals surface area (Å²) in [5, 5.41) is 10.9. The number of rotatable bonds is 6. The van der Waals surface area contributed by atoms with Crippen molar-refractivity contribution < 1.29 is 20.9 Å². The highest BCUT2D eigenvalue weighted by Gasteiger charge is 2.19.